The van der Waals surface area contributed by atoms with Gasteiger partial charge < -0.3 is 15.8 Å². The number of nitrogens with one attached hydrogen (secondary N) is 2. The van der Waals surface area contributed by atoms with E-state index < -0.39 is 0 Å². The third kappa shape index (κ3) is 3.99. The van der Waals surface area contributed by atoms with E-state index in [9.17, 15) is 4.79 Å². The first-order chi connectivity index (χ1) is 7.09. The van der Waals surface area contributed by atoms with Crippen molar-refractivity contribution in [2.24, 2.45) is 0 Å². The molecule has 0 saturated heterocycles. The number of ether oxygens (including phenoxy) is 1. The molecule has 0 bridgehead atoms. The highest BCUT2D eigenvalue weighted by Gasteiger charge is 2.05. The van der Waals surface area contributed by atoms with Crippen molar-refractivity contribution in [2.45, 2.75) is 26.5 Å². The van der Waals surface area contributed by atoms with Crippen LogP contribution in [0.15, 0.2) is 6.20 Å². The van der Waals surface area contributed by atoms with E-state index in [1.165, 1.54) is 0 Å². The van der Waals surface area contributed by atoms with E-state index in [1.54, 1.807) is 6.20 Å². The van der Waals surface area contributed by atoms with Crippen molar-refractivity contribution in [3.63, 3.8) is 0 Å². The summed E-state index contributed by atoms with van der Waals surface area (Å²) in [5.74, 6) is 0.310. The molecule has 0 unspecified atom stereocenters. The van der Waals surface area contributed by atoms with Crippen LogP contribution in [0.3, 0.4) is 0 Å². The second-order valence-electron chi connectivity index (χ2n) is 3.45. The lowest BCUT2D eigenvalue weighted by Gasteiger charge is -2.07. The Bertz CT molecular complexity index is 322. The minimum Gasteiger partial charge on any atom is -0.384 e. The van der Waals surface area contributed by atoms with Gasteiger partial charge in [-0.25, -0.2) is 0 Å². The van der Waals surface area contributed by atoms with Crippen molar-refractivity contribution in [3.8, 4) is 0 Å². The number of anilines is 1. The van der Waals surface area contributed by atoms with Gasteiger partial charge in [-0.15, -0.1) is 0 Å². The van der Waals surface area contributed by atoms with Crippen LogP contribution < -0.4 is 11.1 Å². The monoisotopic (exact) mass is 212 g/mol. The van der Waals surface area contributed by atoms with Gasteiger partial charge in [0.05, 0.1) is 12.3 Å². The zero-order valence-electron chi connectivity index (χ0n) is 8.91. The van der Waals surface area contributed by atoms with Gasteiger partial charge >= 0.3 is 0 Å². The van der Waals surface area contributed by atoms with E-state index in [1.807, 2.05) is 13.8 Å². The van der Waals surface area contributed by atoms with Crippen LogP contribution in [0, 0.1) is 0 Å². The largest absolute Gasteiger partial charge is 0.384 e. The number of hydrogen-bond acceptors (Lipinski definition) is 4. The van der Waals surface area contributed by atoms with Gasteiger partial charge in [0.1, 0.15) is 12.4 Å². The van der Waals surface area contributed by atoms with Crippen LogP contribution in [0.2, 0.25) is 0 Å². The number of amides is 1. The molecule has 0 radical (unpaired) electrons. The number of rotatable bonds is 5. The molecule has 6 heteroatoms. The molecule has 0 aliphatic heterocycles. The van der Waals surface area contributed by atoms with Crippen LogP contribution >= 0.6 is 0 Å². The molecule has 15 heavy (non-hydrogen) atoms. The normalized spacial score (nSPS) is 10.6. The average molecular weight is 212 g/mol. The van der Waals surface area contributed by atoms with Crippen molar-refractivity contribution in [3.05, 3.63) is 11.8 Å². The SMILES string of the molecule is CC(C)OCC(=O)NCc1cn[nH]c1N. The van der Waals surface area contributed by atoms with Gasteiger partial charge in [0.2, 0.25) is 5.91 Å². The highest BCUT2D eigenvalue weighted by Crippen LogP contribution is 2.04. The Morgan fingerprint density at radius 2 is 2.47 bits per heavy atom. The molecule has 1 aromatic rings. The molecule has 1 heterocycles. The molecule has 0 aliphatic rings. The molecular formula is C9H16N4O2. The van der Waals surface area contributed by atoms with Gasteiger partial charge in [0.25, 0.3) is 0 Å². The molecule has 1 amide bonds. The highest BCUT2D eigenvalue weighted by molar-refractivity contribution is 5.77. The molecule has 0 spiro atoms. The van der Waals surface area contributed by atoms with E-state index in [2.05, 4.69) is 15.5 Å². The maximum atomic E-state index is 11.2. The van der Waals surface area contributed by atoms with Crippen LogP contribution in [-0.2, 0) is 16.1 Å². The quantitative estimate of drug-likeness (QED) is 0.642. The zero-order valence-corrected chi connectivity index (χ0v) is 8.91. The topological polar surface area (TPSA) is 93.0 Å². The summed E-state index contributed by atoms with van der Waals surface area (Å²) in [5, 5.41) is 9.01. The standard InChI is InChI=1S/C9H16N4O2/c1-6(2)15-5-8(14)11-3-7-4-12-13-9(7)10/h4,6H,3,5H2,1-2H3,(H,11,14)(H3,10,12,13). The van der Waals surface area contributed by atoms with Gasteiger partial charge in [-0.1, -0.05) is 0 Å². The molecule has 4 N–H and O–H groups in total. The van der Waals surface area contributed by atoms with Crippen LogP contribution in [0.1, 0.15) is 19.4 Å². The van der Waals surface area contributed by atoms with E-state index in [4.69, 9.17) is 10.5 Å². The van der Waals surface area contributed by atoms with Crippen molar-refractivity contribution >= 4 is 11.7 Å². The highest BCUT2D eigenvalue weighted by atomic mass is 16.5. The van der Waals surface area contributed by atoms with Crippen molar-refractivity contribution < 1.29 is 9.53 Å². The van der Waals surface area contributed by atoms with Crippen molar-refractivity contribution in [1.82, 2.24) is 15.5 Å². The minimum absolute atomic E-state index is 0.0507. The van der Waals surface area contributed by atoms with Crippen molar-refractivity contribution in [1.29, 1.82) is 0 Å². The van der Waals surface area contributed by atoms with Crippen LogP contribution in [0.4, 0.5) is 5.82 Å². The minimum atomic E-state index is -0.163. The van der Waals surface area contributed by atoms with Gasteiger partial charge in [-0.3, -0.25) is 9.89 Å². The fourth-order valence-corrected chi connectivity index (χ4v) is 0.949. The first-order valence-corrected chi connectivity index (χ1v) is 4.75. The molecule has 0 saturated carbocycles. The maximum absolute atomic E-state index is 11.2. The van der Waals surface area contributed by atoms with E-state index in [-0.39, 0.29) is 18.6 Å². The third-order valence-corrected chi connectivity index (χ3v) is 1.78. The predicted octanol–water partition coefficient (Wildman–Crippen LogP) is 0.0331. The van der Waals surface area contributed by atoms with Gasteiger partial charge in [-0.2, -0.15) is 5.10 Å². The molecule has 0 aliphatic carbocycles. The van der Waals surface area contributed by atoms with Gasteiger partial charge in [0, 0.05) is 12.1 Å². The number of nitrogens with two attached hydrogens (primary N) is 1. The number of nitrogens with zero attached hydrogens (tertiary/aromatic N) is 1. The number of H-pyrrole nitrogens is 1. The van der Waals surface area contributed by atoms with E-state index in [0.29, 0.717) is 12.4 Å². The number of aromatic nitrogens is 2. The maximum Gasteiger partial charge on any atom is 0.246 e. The molecule has 1 aromatic heterocycles. The molecule has 0 aromatic carbocycles. The predicted molar refractivity (Wildman–Crippen MR) is 55.9 cm³/mol. The molecule has 84 valence electrons. The van der Waals surface area contributed by atoms with Crippen LogP contribution in [0.25, 0.3) is 0 Å². The summed E-state index contributed by atoms with van der Waals surface area (Å²) in [5.41, 5.74) is 6.32. The lowest BCUT2D eigenvalue weighted by Crippen LogP contribution is -2.28. The number of nitrogen functional groups attached to an aromatic ring is 1. The second kappa shape index (κ2) is 5.35. The summed E-state index contributed by atoms with van der Waals surface area (Å²) >= 11 is 0. The Morgan fingerprint density at radius 1 is 1.73 bits per heavy atom. The van der Waals surface area contributed by atoms with E-state index in [0.717, 1.165) is 5.56 Å². The van der Waals surface area contributed by atoms with Crippen LogP contribution in [-0.4, -0.2) is 28.8 Å². The Labute approximate surface area is 88.2 Å². The zero-order chi connectivity index (χ0) is 11.3. The van der Waals surface area contributed by atoms with Gasteiger partial charge in [-0.05, 0) is 13.8 Å². The van der Waals surface area contributed by atoms with Crippen LogP contribution in [0.5, 0.6) is 0 Å². The Hall–Kier alpha value is -1.56. The summed E-state index contributed by atoms with van der Waals surface area (Å²) in [6, 6.07) is 0. The van der Waals surface area contributed by atoms with E-state index >= 15 is 0 Å². The second-order valence-corrected chi connectivity index (χ2v) is 3.45. The number of aromatic amines is 1. The fourth-order valence-electron chi connectivity index (χ4n) is 0.949. The summed E-state index contributed by atoms with van der Waals surface area (Å²) in [7, 11) is 0. The summed E-state index contributed by atoms with van der Waals surface area (Å²) in [6.45, 7) is 4.18. The first-order valence-electron chi connectivity index (χ1n) is 4.75. The molecule has 0 fully saturated rings. The third-order valence-electron chi connectivity index (χ3n) is 1.78. The Balaban J connectivity index is 2.26. The number of carbonyl (C=O) groups excluding carboxylic acids is 1. The lowest BCUT2D eigenvalue weighted by atomic mass is 10.3. The number of carbonyl (C=O) groups is 1. The average Bonchev–Trinajstić information content (AvgIpc) is 2.58. The Morgan fingerprint density at radius 3 is 3.00 bits per heavy atom. The smallest absolute Gasteiger partial charge is 0.246 e. The van der Waals surface area contributed by atoms with Crippen molar-refractivity contribution in [2.75, 3.05) is 12.3 Å². The van der Waals surface area contributed by atoms with Gasteiger partial charge in [0.15, 0.2) is 0 Å². The number of hydrogen-bond donors (Lipinski definition) is 3. The molecular weight excluding hydrogens is 196 g/mol. The Kier molecular flexibility index (Phi) is 4.11. The lowest BCUT2D eigenvalue weighted by molar-refractivity contribution is -0.127. The molecule has 1 rings (SSSR count). The molecule has 0 atom stereocenters. The summed E-state index contributed by atoms with van der Waals surface area (Å²) in [6.07, 6.45) is 1.63. The molecule has 6 nitrogen and oxygen atoms in total. The first kappa shape index (κ1) is 11.5. The summed E-state index contributed by atoms with van der Waals surface area (Å²) in [4.78, 5) is 11.2. The fraction of sp³-hybridized carbons (Fsp3) is 0.556. The summed E-state index contributed by atoms with van der Waals surface area (Å²) < 4.78 is 5.14.